The molecule has 1 saturated heterocycles. The van der Waals surface area contributed by atoms with Gasteiger partial charge in [-0.1, -0.05) is 13.3 Å². The summed E-state index contributed by atoms with van der Waals surface area (Å²) < 4.78 is 5.39. The lowest BCUT2D eigenvalue weighted by molar-refractivity contribution is 0.0403. The smallest absolute Gasteiger partial charge is 0.0595 e. The number of nitrogens with two attached hydrogens (primary N) is 1. The Balaban J connectivity index is 2.06. The summed E-state index contributed by atoms with van der Waals surface area (Å²) in [5.41, 5.74) is 5.63. The van der Waals surface area contributed by atoms with E-state index in [0.717, 1.165) is 12.5 Å². The van der Waals surface area contributed by atoms with Crippen molar-refractivity contribution in [3.05, 3.63) is 0 Å². The molecule has 0 aromatic carbocycles. The van der Waals surface area contributed by atoms with Crippen molar-refractivity contribution in [1.82, 2.24) is 4.90 Å². The van der Waals surface area contributed by atoms with E-state index in [1.165, 1.54) is 58.2 Å². The maximum atomic E-state index is 5.63. The maximum Gasteiger partial charge on any atom is 0.0595 e. The van der Waals surface area contributed by atoms with Gasteiger partial charge in [0.05, 0.1) is 6.10 Å². The maximum absolute atomic E-state index is 5.63. The van der Waals surface area contributed by atoms with Gasteiger partial charge in [-0.15, -0.1) is 0 Å². The molecule has 1 heterocycles. The second-order valence-electron chi connectivity index (χ2n) is 5.27. The Bertz CT molecular complexity index is 179. The van der Waals surface area contributed by atoms with Gasteiger partial charge in [0.15, 0.2) is 0 Å². The largest absolute Gasteiger partial charge is 0.381 e. The van der Waals surface area contributed by atoms with E-state index >= 15 is 0 Å². The lowest BCUT2D eigenvalue weighted by Gasteiger charge is -2.31. The summed E-state index contributed by atoms with van der Waals surface area (Å²) in [6.07, 6.45) is 8.07. The second-order valence-corrected chi connectivity index (χ2v) is 5.27. The lowest BCUT2D eigenvalue weighted by atomic mass is 9.96. The van der Waals surface area contributed by atoms with Crippen LogP contribution in [0.15, 0.2) is 0 Å². The van der Waals surface area contributed by atoms with Crippen molar-refractivity contribution in [3.63, 3.8) is 0 Å². The minimum absolute atomic E-state index is 0.506. The Morgan fingerprint density at radius 2 is 2.00 bits per heavy atom. The molecule has 1 aliphatic heterocycles. The third-order valence-electron chi connectivity index (χ3n) is 4.11. The van der Waals surface area contributed by atoms with E-state index in [4.69, 9.17) is 10.5 Å². The first-order valence-corrected chi connectivity index (χ1v) is 7.25. The van der Waals surface area contributed by atoms with Crippen LogP contribution < -0.4 is 5.73 Å². The highest BCUT2D eigenvalue weighted by Gasteiger charge is 2.18. The van der Waals surface area contributed by atoms with Crippen LogP contribution in [0.25, 0.3) is 0 Å². The van der Waals surface area contributed by atoms with E-state index < -0.39 is 0 Å². The summed E-state index contributed by atoms with van der Waals surface area (Å²) in [4.78, 5) is 2.59. The third kappa shape index (κ3) is 5.84. The molecule has 0 saturated carbocycles. The van der Waals surface area contributed by atoms with Crippen molar-refractivity contribution in [2.24, 2.45) is 11.7 Å². The number of ether oxygens (including phenoxy) is 1. The van der Waals surface area contributed by atoms with Crippen LogP contribution in [0.4, 0.5) is 0 Å². The van der Waals surface area contributed by atoms with Crippen molar-refractivity contribution >= 4 is 0 Å². The van der Waals surface area contributed by atoms with Crippen molar-refractivity contribution in [1.29, 1.82) is 0 Å². The Labute approximate surface area is 107 Å². The minimum Gasteiger partial charge on any atom is -0.381 e. The van der Waals surface area contributed by atoms with Crippen LogP contribution in [0.3, 0.4) is 0 Å². The van der Waals surface area contributed by atoms with Gasteiger partial charge in [0.1, 0.15) is 0 Å². The first-order chi connectivity index (χ1) is 8.30. The van der Waals surface area contributed by atoms with Gasteiger partial charge in [0.2, 0.25) is 0 Å². The molecule has 0 aromatic rings. The normalized spacial score (nSPS) is 20.6. The van der Waals surface area contributed by atoms with Gasteiger partial charge in [-0.2, -0.15) is 0 Å². The van der Waals surface area contributed by atoms with Gasteiger partial charge in [-0.3, -0.25) is 0 Å². The monoisotopic (exact) mass is 242 g/mol. The molecular weight excluding hydrogens is 212 g/mol. The highest BCUT2D eigenvalue weighted by Crippen LogP contribution is 2.17. The molecule has 0 radical (unpaired) electrons. The first-order valence-electron chi connectivity index (χ1n) is 7.25. The molecule has 0 aliphatic carbocycles. The van der Waals surface area contributed by atoms with Crippen molar-refractivity contribution in [2.75, 3.05) is 33.3 Å². The Hall–Kier alpha value is -0.120. The third-order valence-corrected chi connectivity index (χ3v) is 4.11. The zero-order valence-corrected chi connectivity index (χ0v) is 11.7. The van der Waals surface area contributed by atoms with Crippen LogP contribution in [0.5, 0.6) is 0 Å². The summed E-state index contributed by atoms with van der Waals surface area (Å²) >= 11 is 0. The predicted octanol–water partition coefficient (Wildman–Crippen LogP) is 2.25. The molecule has 0 amide bonds. The summed E-state index contributed by atoms with van der Waals surface area (Å²) in [6.45, 7) is 6.82. The number of nitrogens with zero attached hydrogens (tertiary/aromatic N) is 1. The number of hydrogen-bond donors (Lipinski definition) is 1. The molecule has 3 heteroatoms. The second kappa shape index (κ2) is 8.90. The summed E-state index contributed by atoms with van der Waals surface area (Å²) in [5.74, 6) is 0.844. The summed E-state index contributed by atoms with van der Waals surface area (Å²) in [5, 5.41) is 0. The van der Waals surface area contributed by atoms with Crippen molar-refractivity contribution < 1.29 is 4.74 Å². The number of likely N-dealkylation sites (tertiary alicyclic amines) is 1. The van der Waals surface area contributed by atoms with E-state index in [-0.39, 0.29) is 0 Å². The van der Waals surface area contributed by atoms with Gasteiger partial charge in [-0.25, -0.2) is 0 Å². The van der Waals surface area contributed by atoms with Crippen LogP contribution in [0.1, 0.15) is 45.4 Å². The van der Waals surface area contributed by atoms with Gasteiger partial charge in [0.25, 0.3) is 0 Å². The summed E-state index contributed by atoms with van der Waals surface area (Å²) in [6, 6.07) is 0. The average molecular weight is 242 g/mol. The van der Waals surface area contributed by atoms with Crippen LogP contribution in [-0.4, -0.2) is 44.3 Å². The SMILES string of the molecule is CCC(CCN)CCCN1CCC(OC)CC1. The predicted molar refractivity (Wildman–Crippen MR) is 73.2 cm³/mol. The fraction of sp³-hybridized carbons (Fsp3) is 1.00. The molecule has 1 atom stereocenters. The average Bonchev–Trinajstić information content (AvgIpc) is 2.38. The van der Waals surface area contributed by atoms with Crippen LogP contribution >= 0.6 is 0 Å². The molecule has 1 aliphatic rings. The molecule has 0 bridgehead atoms. The molecule has 17 heavy (non-hydrogen) atoms. The molecule has 102 valence electrons. The number of hydrogen-bond acceptors (Lipinski definition) is 3. The standard InChI is InChI=1S/C14H30N2O/c1-3-13(6-9-15)5-4-10-16-11-7-14(17-2)8-12-16/h13-14H,3-12,15H2,1-2H3. The zero-order chi connectivity index (χ0) is 12.5. The number of methoxy groups -OCH3 is 1. The Kier molecular flexibility index (Phi) is 7.82. The molecular formula is C14H30N2O. The Morgan fingerprint density at radius 1 is 1.29 bits per heavy atom. The number of piperidine rings is 1. The van der Waals surface area contributed by atoms with Crippen LogP contribution in [0, 0.1) is 5.92 Å². The molecule has 1 rings (SSSR count). The minimum atomic E-state index is 0.506. The number of rotatable bonds is 8. The van der Waals surface area contributed by atoms with Gasteiger partial charge >= 0.3 is 0 Å². The van der Waals surface area contributed by atoms with E-state index in [1.807, 2.05) is 7.11 Å². The van der Waals surface area contributed by atoms with Gasteiger partial charge < -0.3 is 15.4 Å². The highest BCUT2D eigenvalue weighted by atomic mass is 16.5. The topological polar surface area (TPSA) is 38.5 Å². The zero-order valence-electron chi connectivity index (χ0n) is 11.7. The quantitative estimate of drug-likeness (QED) is 0.709. The highest BCUT2D eigenvalue weighted by molar-refractivity contribution is 4.72. The van der Waals surface area contributed by atoms with E-state index in [1.54, 1.807) is 0 Å². The van der Waals surface area contributed by atoms with Crippen molar-refractivity contribution in [3.8, 4) is 0 Å². The van der Waals surface area contributed by atoms with E-state index in [2.05, 4.69) is 11.8 Å². The molecule has 0 aromatic heterocycles. The lowest BCUT2D eigenvalue weighted by Crippen LogP contribution is -2.37. The van der Waals surface area contributed by atoms with Crippen LogP contribution in [-0.2, 0) is 4.74 Å². The Morgan fingerprint density at radius 3 is 2.53 bits per heavy atom. The molecule has 3 nitrogen and oxygen atoms in total. The molecule has 1 fully saturated rings. The fourth-order valence-corrected chi connectivity index (χ4v) is 2.76. The van der Waals surface area contributed by atoms with Crippen molar-refractivity contribution in [2.45, 2.75) is 51.6 Å². The van der Waals surface area contributed by atoms with Gasteiger partial charge in [0, 0.05) is 20.2 Å². The fourth-order valence-electron chi connectivity index (χ4n) is 2.76. The molecule has 0 spiro atoms. The molecule has 1 unspecified atom stereocenters. The van der Waals surface area contributed by atoms with E-state index in [0.29, 0.717) is 6.10 Å². The van der Waals surface area contributed by atoms with Crippen LogP contribution in [0.2, 0.25) is 0 Å². The van der Waals surface area contributed by atoms with E-state index in [9.17, 15) is 0 Å². The first kappa shape index (κ1) is 14.9. The molecule has 2 N–H and O–H groups in total. The van der Waals surface area contributed by atoms with Gasteiger partial charge in [-0.05, 0) is 51.1 Å². The summed E-state index contributed by atoms with van der Waals surface area (Å²) in [7, 11) is 1.83.